The van der Waals surface area contributed by atoms with E-state index in [4.69, 9.17) is 0 Å². The summed E-state index contributed by atoms with van der Waals surface area (Å²) >= 11 is 0. The van der Waals surface area contributed by atoms with Crippen LogP contribution in [0, 0.1) is 0 Å². The minimum atomic E-state index is 0.0214. The first-order valence-corrected chi connectivity index (χ1v) is 15.0. The average Bonchev–Trinajstić information content (AvgIpc) is 2.64. The molecular formula is C22H18Si2. The Bertz CT molecular complexity index is 1240. The van der Waals surface area contributed by atoms with E-state index >= 15 is 0 Å². The molecule has 0 bridgehead atoms. The van der Waals surface area contributed by atoms with Gasteiger partial charge in [0.15, 0.2) is 0 Å². The molecule has 0 saturated carbocycles. The maximum atomic E-state index is 2.42. The molecule has 5 aromatic carbocycles. The summed E-state index contributed by atoms with van der Waals surface area (Å²) in [6.07, 6.45) is 0. The molecule has 0 aliphatic carbocycles. The van der Waals surface area contributed by atoms with Crippen molar-refractivity contribution in [1.82, 2.24) is 0 Å². The Morgan fingerprint density at radius 3 is 1.71 bits per heavy atom. The van der Waals surface area contributed by atoms with E-state index in [9.17, 15) is 0 Å². The maximum Gasteiger partial charge on any atom is 0.0384 e. The van der Waals surface area contributed by atoms with Crippen LogP contribution in [0.15, 0.2) is 78.9 Å². The summed E-state index contributed by atoms with van der Waals surface area (Å²) in [5.41, 5.74) is 0. The molecule has 0 atom stereocenters. The van der Waals surface area contributed by atoms with E-state index in [-0.39, 0.29) is 9.04 Å². The van der Waals surface area contributed by atoms with Crippen LogP contribution in [-0.4, -0.2) is 18.8 Å². The lowest BCUT2D eigenvalue weighted by Gasteiger charge is -2.09. The first kappa shape index (κ1) is 14.0. The molecule has 5 rings (SSSR count). The van der Waals surface area contributed by atoms with Crippen LogP contribution in [0.25, 0.3) is 43.1 Å². The van der Waals surface area contributed by atoms with Crippen LogP contribution >= 0.6 is 0 Å². The monoisotopic (exact) mass is 338 g/mol. The summed E-state index contributed by atoms with van der Waals surface area (Å²) in [7, 11) is 1.37. The molecule has 24 heavy (non-hydrogen) atoms. The fourth-order valence-electron chi connectivity index (χ4n) is 3.76. The zero-order valence-corrected chi connectivity index (χ0v) is 17.1. The van der Waals surface area contributed by atoms with Gasteiger partial charge in [0.05, 0.1) is 0 Å². The van der Waals surface area contributed by atoms with E-state index in [0.29, 0.717) is 0 Å². The van der Waals surface area contributed by atoms with Gasteiger partial charge in [-0.3, -0.25) is 0 Å². The van der Waals surface area contributed by atoms with Crippen molar-refractivity contribution in [2.24, 2.45) is 0 Å². The highest BCUT2D eigenvalue weighted by molar-refractivity contribution is 6.97. The van der Waals surface area contributed by atoms with E-state index in [1.54, 1.807) is 5.19 Å². The zero-order chi connectivity index (χ0) is 16.1. The molecule has 0 unspecified atom stereocenters. The SMILES string of the molecule is [SiH3][SiH2]c1ccc2cc3ccc4cc5ccccc5cc4c3cc2c1. The number of benzene rings is 5. The van der Waals surface area contributed by atoms with Crippen molar-refractivity contribution in [3.8, 4) is 0 Å². The van der Waals surface area contributed by atoms with Crippen molar-refractivity contribution >= 4 is 67.1 Å². The van der Waals surface area contributed by atoms with Gasteiger partial charge in [0.2, 0.25) is 0 Å². The first-order chi connectivity index (χ1) is 11.8. The third-order valence-corrected chi connectivity index (χ3v) is 8.84. The van der Waals surface area contributed by atoms with Gasteiger partial charge in [-0.1, -0.05) is 59.8 Å². The maximum absolute atomic E-state index is 2.42. The molecule has 0 radical (unpaired) electrons. The Balaban J connectivity index is 1.93. The van der Waals surface area contributed by atoms with Gasteiger partial charge in [-0.25, -0.2) is 0 Å². The highest BCUT2D eigenvalue weighted by Gasteiger charge is 2.05. The van der Waals surface area contributed by atoms with Gasteiger partial charge in [-0.05, 0) is 77.1 Å². The lowest BCUT2D eigenvalue weighted by molar-refractivity contribution is 1.79. The van der Waals surface area contributed by atoms with Crippen molar-refractivity contribution in [2.45, 2.75) is 0 Å². The van der Waals surface area contributed by atoms with Gasteiger partial charge in [0.1, 0.15) is 0 Å². The van der Waals surface area contributed by atoms with Crippen LogP contribution in [-0.2, 0) is 0 Å². The van der Waals surface area contributed by atoms with Crippen LogP contribution in [0.3, 0.4) is 0 Å². The summed E-state index contributed by atoms with van der Waals surface area (Å²) in [4.78, 5) is 0. The van der Waals surface area contributed by atoms with Crippen molar-refractivity contribution in [3.63, 3.8) is 0 Å². The third kappa shape index (κ3) is 2.11. The fourth-order valence-corrected chi connectivity index (χ4v) is 5.86. The van der Waals surface area contributed by atoms with Crippen LogP contribution in [0.2, 0.25) is 0 Å². The second kappa shape index (κ2) is 5.30. The summed E-state index contributed by atoms with van der Waals surface area (Å²) in [5, 5.41) is 12.4. The molecule has 0 fully saturated rings. The largest absolute Gasteiger partial charge is 0.0698 e. The molecule has 0 amide bonds. The Labute approximate surface area is 146 Å². The second-order valence-electron chi connectivity index (χ2n) is 6.59. The number of hydrogen-bond donors (Lipinski definition) is 0. The molecule has 0 saturated heterocycles. The van der Waals surface area contributed by atoms with Gasteiger partial charge < -0.3 is 0 Å². The molecular weight excluding hydrogens is 320 g/mol. The fraction of sp³-hybridized carbons (Fsp3) is 0. The summed E-state index contributed by atoms with van der Waals surface area (Å²) < 4.78 is 0. The van der Waals surface area contributed by atoms with Crippen LogP contribution in [0.5, 0.6) is 0 Å². The lowest BCUT2D eigenvalue weighted by Crippen LogP contribution is -2.12. The smallest absolute Gasteiger partial charge is 0.0384 e. The number of rotatable bonds is 1. The average molecular weight is 339 g/mol. The normalized spacial score (nSPS) is 12.3. The molecule has 0 spiro atoms. The second-order valence-corrected chi connectivity index (χ2v) is 10.2. The Morgan fingerprint density at radius 1 is 0.500 bits per heavy atom. The minimum absolute atomic E-state index is 0.0214. The van der Waals surface area contributed by atoms with Crippen molar-refractivity contribution in [3.05, 3.63) is 78.9 Å². The lowest BCUT2D eigenvalue weighted by atomic mass is 9.96. The van der Waals surface area contributed by atoms with Gasteiger partial charge >= 0.3 is 0 Å². The van der Waals surface area contributed by atoms with Crippen LogP contribution in [0.4, 0.5) is 0 Å². The number of hydrogen-bond acceptors (Lipinski definition) is 0. The standard InChI is InChI=1S/C22H18Si2/c23-24-20-8-7-16-10-18-6-5-17-9-14-3-1-2-4-15(14)12-21(17)22(18)13-19(16)11-20/h1-13H,24H2,23H3. The van der Waals surface area contributed by atoms with Crippen molar-refractivity contribution < 1.29 is 0 Å². The van der Waals surface area contributed by atoms with Crippen LogP contribution < -0.4 is 5.19 Å². The molecule has 2 heteroatoms. The van der Waals surface area contributed by atoms with E-state index < -0.39 is 0 Å². The van der Waals surface area contributed by atoms with Gasteiger partial charge in [-0.15, -0.1) is 0 Å². The molecule has 5 aromatic rings. The van der Waals surface area contributed by atoms with Gasteiger partial charge in [0.25, 0.3) is 0 Å². The first-order valence-electron chi connectivity index (χ1n) is 8.60. The Morgan fingerprint density at radius 2 is 1.04 bits per heavy atom. The molecule has 0 N–H and O–H groups in total. The molecule has 0 heterocycles. The highest BCUT2D eigenvalue weighted by atomic mass is 29.1. The molecule has 0 aromatic heterocycles. The molecule has 0 aliphatic rings. The highest BCUT2D eigenvalue weighted by Crippen LogP contribution is 2.31. The molecule has 114 valence electrons. The van der Waals surface area contributed by atoms with E-state index in [2.05, 4.69) is 78.9 Å². The molecule has 0 aliphatic heterocycles. The zero-order valence-electron chi connectivity index (χ0n) is 13.7. The summed E-state index contributed by atoms with van der Waals surface area (Å²) in [6, 6.07) is 29.6. The minimum Gasteiger partial charge on any atom is -0.0698 e. The number of fused-ring (bicyclic) bond motifs is 5. The summed E-state index contributed by atoms with van der Waals surface area (Å²) in [6.45, 7) is 0. The Kier molecular flexibility index (Phi) is 3.08. The van der Waals surface area contributed by atoms with E-state index in [1.807, 2.05) is 0 Å². The van der Waals surface area contributed by atoms with Crippen molar-refractivity contribution in [1.29, 1.82) is 0 Å². The van der Waals surface area contributed by atoms with Gasteiger partial charge in [0, 0.05) is 9.04 Å². The Hall–Kier alpha value is -2.43. The van der Waals surface area contributed by atoms with Crippen molar-refractivity contribution in [2.75, 3.05) is 0 Å². The van der Waals surface area contributed by atoms with Gasteiger partial charge in [-0.2, -0.15) is 0 Å². The van der Waals surface area contributed by atoms with E-state index in [1.165, 1.54) is 52.8 Å². The predicted molar refractivity (Wildman–Crippen MR) is 115 cm³/mol. The van der Waals surface area contributed by atoms with E-state index in [0.717, 1.165) is 0 Å². The third-order valence-electron chi connectivity index (χ3n) is 5.13. The molecule has 0 nitrogen and oxygen atoms in total. The topological polar surface area (TPSA) is 0 Å². The quantitative estimate of drug-likeness (QED) is 0.250. The summed E-state index contributed by atoms with van der Waals surface area (Å²) in [5.74, 6) is 0. The predicted octanol–water partition coefficient (Wildman–Crippen LogP) is 3.37. The van der Waals surface area contributed by atoms with Crippen LogP contribution in [0.1, 0.15) is 0 Å².